The molecule has 0 spiro atoms. The summed E-state index contributed by atoms with van der Waals surface area (Å²) in [7, 11) is 1.64. The Hall–Kier alpha value is -2.60. The van der Waals surface area contributed by atoms with Gasteiger partial charge in [-0.25, -0.2) is 0 Å². The van der Waals surface area contributed by atoms with Crippen LogP contribution in [0.4, 0.5) is 5.69 Å². The molecule has 0 saturated heterocycles. The molecular formula is C31H44N2O3S. The minimum Gasteiger partial charge on any atom is -0.497 e. The standard InChI is InChI=1S/C31H44N2O3S/c1-4-5-6-7-8-9-10-11-12-13-19-36-30-21-28(35-3)17-18-29(30)32-31(34)27-16-14-15-26(20-27)23-33-22-25(2)37-24-33/h14-18,20-22H,4-13,19,23-24H2,1-3H3,(H,32,34). The lowest BCUT2D eigenvalue weighted by Gasteiger charge is -2.16. The van der Waals surface area contributed by atoms with E-state index in [0.717, 1.165) is 30.8 Å². The number of benzene rings is 2. The maximum absolute atomic E-state index is 13.1. The highest BCUT2D eigenvalue weighted by Crippen LogP contribution is 2.30. The van der Waals surface area contributed by atoms with Gasteiger partial charge in [-0.3, -0.25) is 4.79 Å². The van der Waals surface area contributed by atoms with Crippen LogP contribution in [0.25, 0.3) is 0 Å². The number of nitrogens with zero attached hydrogens (tertiary/aromatic N) is 1. The third kappa shape index (κ3) is 10.4. The van der Waals surface area contributed by atoms with Crippen molar-refractivity contribution in [1.29, 1.82) is 0 Å². The number of unbranched alkanes of at least 4 members (excludes halogenated alkanes) is 9. The Morgan fingerprint density at radius 1 is 0.973 bits per heavy atom. The Labute approximate surface area is 228 Å². The normalized spacial score (nSPS) is 12.9. The lowest BCUT2D eigenvalue weighted by molar-refractivity contribution is 0.102. The monoisotopic (exact) mass is 524 g/mol. The fraction of sp³-hybridized carbons (Fsp3) is 0.516. The fourth-order valence-electron chi connectivity index (χ4n) is 4.47. The van der Waals surface area contributed by atoms with Crippen LogP contribution >= 0.6 is 11.8 Å². The summed E-state index contributed by atoms with van der Waals surface area (Å²) in [5.74, 6) is 2.17. The van der Waals surface area contributed by atoms with Gasteiger partial charge in [-0.1, -0.05) is 76.8 Å². The number of carbonyl (C=O) groups excluding carboxylic acids is 1. The minimum atomic E-state index is -0.140. The SMILES string of the molecule is CCCCCCCCCCCCOc1cc(OC)ccc1NC(=O)c1cccc(CN2C=C(C)SC2)c1. The van der Waals surface area contributed by atoms with E-state index in [4.69, 9.17) is 9.47 Å². The second-order valence-electron chi connectivity index (χ2n) is 9.81. The predicted molar refractivity (Wildman–Crippen MR) is 156 cm³/mol. The lowest BCUT2D eigenvalue weighted by atomic mass is 10.1. The number of hydrogen-bond donors (Lipinski definition) is 1. The second kappa shape index (κ2) is 16.3. The number of amides is 1. The van der Waals surface area contributed by atoms with Gasteiger partial charge in [-0.2, -0.15) is 0 Å². The molecule has 37 heavy (non-hydrogen) atoms. The first kappa shape index (κ1) is 29.0. The van der Waals surface area contributed by atoms with E-state index in [1.165, 1.54) is 56.3 Å². The van der Waals surface area contributed by atoms with Crippen molar-refractivity contribution in [2.75, 3.05) is 24.9 Å². The van der Waals surface area contributed by atoms with Gasteiger partial charge in [0.05, 0.1) is 25.3 Å². The highest BCUT2D eigenvalue weighted by molar-refractivity contribution is 8.03. The Kier molecular flexibility index (Phi) is 12.7. The third-order valence-electron chi connectivity index (χ3n) is 6.59. The van der Waals surface area contributed by atoms with E-state index >= 15 is 0 Å². The van der Waals surface area contributed by atoms with Crippen molar-refractivity contribution in [1.82, 2.24) is 4.90 Å². The molecule has 3 rings (SSSR count). The molecule has 2 aromatic rings. The summed E-state index contributed by atoms with van der Waals surface area (Å²) >= 11 is 1.84. The molecule has 1 aliphatic heterocycles. The highest BCUT2D eigenvalue weighted by atomic mass is 32.2. The lowest BCUT2D eigenvalue weighted by Crippen LogP contribution is -2.15. The molecule has 0 unspecified atom stereocenters. The zero-order chi connectivity index (χ0) is 26.3. The topological polar surface area (TPSA) is 50.8 Å². The van der Waals surface area contributed by atoms with Crippen molar-refractivity contribution in [3.05, 3.63) is 64.7 Å². The number of methoxy groups -OCH3 is 1. The molecule has 1 heterocycles. The Morgan fingerprint density at radius 2 is 1.70 bits per heavy atom. The molecule has 1 amide bonds. The number of carbonyl (C=O) groups is 1. The molecule has 0 bridgehead atoms. The number of nitrogens with one attached hydrogen (secondary N) is 1. The van der Waals surface area contributed by atoms with E-state index in [0.29, 0.717) is 29.4 Å². The van der Waals surface area contributed by atoms with E-state index in [9.17, 15) is 4.79 Å². The van der Waals surface area contributed by atoms with E-state index in [1.807, 2.05) is 48.2 Å². The summed E-state index contributed by atoms with van der Waals surface area (Å²) in [4.78, 5) is 16.7. The molecule has 0 radical (unpaired) electrons. The van der Waals surface area contributed by atoms with Crippen LogP contribution in [0.3, 0.4) is 0 Å². The Bertz CT molecular complexity index is 1010. The van der Waals surface area contributed by atoms with E-state index in [-0.39, 0.29) is 5.91 Å². The van der Waals surface area contributed by atoms with Crippen molar-refractivity contribution in [3.63, 3.8) is 0 Å². The molecule has 1 aliphatic rings. The first-order valence-electron chi connectivity index (χ1n) is 13.9. The van der Waals surface area contributed by atoms with Crippen LogP contribution in [-0.4, -0.2) is 30.4 Å². The second-order valence-corrected chi connectivity index (χ2v) is 11.0. The van der Waals surface area contributed by atoms with Gasteiger partial charge in [0.1, 0.15) is 11.5 Å². The molecule has 1 N–H and O–H groups in total. The number of anilines is 1. The number of allylic oxidation sites excluding steroid dienone is 1. The quantitative estimate of drug-likeness (QED) is 0.210. The van der Waals surface area contributed by atoms with Crippen LogP contribution in [0.15, 0.2) is 53.6 Å². The van der Waals surface area contributed by atoms with E-state index in [1.54, 1.807) is 7.11 Å². The van der Waals surface area contributed by atoms with Gasteiger partial charge in [0.2, 0.25) is 0 Å². The minimum absolute atomic E-state index is 0.140. The zero-order valence-corrected chi connectivity index (χ0v) is 23.7. The average molecular weight is 525 g/mol. The Morgan fingerprint density at radius 3 is 2.38 bits per heavy atom. The van der Waals surface area contributed by atoms with Crippen molar-refractivity contribution < 1.29 is 14.3 Å². The summed E-state index contributed by atoms with van der Waals surface area (Å²) in [6, 6.07) is 13.4. The smallest absolute Gasteiger partial charge is 0.255 e. The Balaban J connectivity index is 1.48. The number of ether oxygens (including phenoxy) is 2. The van der Waals surface area contributed by atoms with Crippen LogP contribution in [-0.2, 0) is 6.54 Å². The summed E-state index contributed by atoms with van der Waals surface area (Å²) in [6.07, 6.45) is 15.0. The van der Waals surface area contributed by atoms with Crippen molar-refractivity contribution in [3.8, 4) is 11.5 Å². The van der Waals surface area contributed by atoms with Gasteiger partial charge in [-0.05, 0) is 48.1 Å². The molecule has 0 aliphatic carbocycles. The molecule has 0 fully saturated rings. The third-order valence-corrected chi connectivity index (χ3v) is 7.61. The maximum Gasteiger partial charge on any atom is 0.255 e. The van der Waals surface area contributed by atoms with Crippen LogP contribution in [0.5, 0.6) is 11.5 Å². The van der Waals surface area contributed by atoms with Gasteiger partial charge in [0, 0.05) is 24.4 Å². The van der Waals surface area contributed by atoms with Crippen LogP contribution < -0.4 is 14.8 Å². The van der Waals surface area contributed by atoms with Crippen LogP contribution in [0.2, 0.25) is 0 Å². The number of thioether (sulfide) groups is 1. The van der Waals surface area contributed by atoms with Gasteiger partial charge < -0.3 is 19.7 Å². The number of rotatable bonds is 17. The molecule has 0 aromatic heterocycles. The largest absolute Gasteiger partial charge is 0.497 e. The molecule has 6 heteroatoms. The van der Waals surface area contributed by atoms with Crippen LogP contribution in [0.1, 0.15) is 94.0 Å². The van der Waals surface area contributed by atoms with Crippen molar-refractivity contribution in [2.24, 2.45) is 0 Å². The van der Waals surface area contributed by atoms with Crippen LogP contribution in [0, 0.1) is 0 Å². The summed E-state index contributed by atoms with van der Waals surface area (Å²) < 4.78 is 11.5. The predicted octanol–water partition coefficient (Wildman–Crippen LogP) is 8.61. The number of hydrogen-bond acceptors (Lipinski definition) is 5. The summed E-state index contributed by atoms with van der Waals surface area (Å²) in [5, 5.41) is 3.05. The van der Waals surface area contributed by atoms with Crippen molar-refractivity contribution >= 4 is 23.4 Å². The van der Waals surface area contributed by atoms with Gasteiger partial charge in [0.25, 0.3) is 5.91 Å². The molecule has 0 saturated carbocycles. The van der Waals surface area contributed by atoms with Gasteiger partial charge in [-0.15, -0.1) is 11.8 Å². The van der Waals surface area contributed by atoms with Crippen molar-refractivity contribution in [2.45, 2.75) is 84.6 Å². The molecule has 5 nitrogen and oxygen atoms in total. The summed E-state index contributed by atoms with van der Waals surface area (Å²) in [5.41, 5.74) is 2.42. The van der Waals surface area contributed by atoms with E-state index in [2.05, 4.69) is 36.3 Å². The maximum atomic E-state index is 13.1. The van der Waals surface area contributed by atoms with Gasteiger partial charge in [0.15, 0.2) is 0 Å². The first-order valence-corrected chi connectivity index (χ1v) is 14.8. The fourth-order valence-corrected chi connectivity index (χ4v) is 5.23. The molecule has 2 aromatic carbocycles. The zero-order valence-electron chi connectivity index (χ0n) is 22.9. The summed E-state index contributed by atoms with van der Waals surface area (Å²) in [6.45, 7) is 5.81. The van der Waals surface area contributed by atoms with Gasteiger partial charge >= 0.3 is 0 Å². The molecule has 202 valence electrons. The molecule has 0 atom stereocenters. The molecular weight excluding hydrogens is 480 g/mol. The first-order chi connectivity index (χ1) is 18.1. The highest BCUT2D eigenvalue weighted by Gasteiger charge is 2.14. The average Bonchev–Trinajstić information content (AvgIpc) is 3.32. The van der Waals surface area contributed by atoms with E-state index < -0.39 is 0 Å².